The maximum absolute atomic E-state index is 2.77. The Hall–Kier alpha value is 0.370. The van der Waals surface area contributed by atoms with Crippen molar-refractivity contribution in [2.45, 2.75) is 12.6 Å². The molecule has 0 spiro atoms. The summed E-state index contributed by atoms with van der Waals surface area (Å²) in [6, 6.07) is 10.4. The highest BCUT2D eigenvalue weighted by molar-refractivity contribution is 7.17. The van der Waals surface area contributed by atoms with Gasteiger partial charge in [-0.25, -0.2) is 0 Å². The Morgan fingerprint density at radius 1 is 1.18 bits per heavy atom. The van der Waals surface area contributed by atoms with Gasteiger partial charge in [-0.2, -0.15) is 9.90 Å². The summed E-state index contributed by atoms with van der Waals surface area (Å²) < 4.78 is 0. The average molecular weight is 209 g/mol. The quantitative estimate of drug-likeness (QED) is 0.622. The summed E-state index contributed by atoms with van der Waals surface area (Å²) in [5.74, 6) is 0. The topological polar surface area (TPSA) is 0 Å². The molecule has 0 aliphatic heterocycles. The van der Waals surface area contributed by atoms with Crippen molar-refractivity contribution >= 4 is 31.5 Å². The first-order valence-corrected chi connectivity index (χ1v) is 3.78. The third kappa shape index (κ3) is 4.75. The maximum Gasteiger partial charge on any atom is -0.00428 e. The summed E-state index contributed by atoms with van der Waals surface area (Å²) >= 11 is 0. The number of hydrogen-bond acceptors (Lipinski definition) is 0. The molecule has 0 aromatic heterocycles. The highest BCUT2D eigenvalue weighted by Crippen LogP contribution is 2.20. The van der Waals surface area contributed by atoms with E-state index in [2.05, 4.69) is 40.4 Å². The number of halogens is 1. The van der Waals surface area contributed by atoms with Gasteiger partial charge < -0.3 is 0 Å². The fourth-order valence-electron chi connectivity index (χ4n) is 0.757. The Morgan fingerprint density at radius 3 is 1.91 bits per heavy atom. The molecule has 0 saturated carbocycles. The molecule has 64 valence electrons. The van der Waals surface area contributed by atoms with Crippen LogP contribution in [0.1, 0.15) is 18.1 Å². The predicted molar refractivity (Wildman–Crippen MR) is 62.9 cm³/mol. The molecule has 3 unspecified atom stereocenters. The summed E-state index contributed by atoms with van der Waals surface area (Å²) in [5, 5.41) is 0. The molecule has 0 fully saturated rings. The van der Waals surface area contributed by atoms with E-state index in [-0.39, 0.29) is 22.3 Å². The lowest BCUT2D eigenvalue weighted by molar-refractivity contribution is 1.10. The van der Waals surface area contributed by atoms with Crippen molar-refractivity contribution in [1.82, 2.24) is 0 Å². The van der Waals surface area contributed by atoms with Gasteiger partial charge in [-0.1, -0.05) is 37.3 Å². The van der Waals surface area contributed by atoms with Crippen LogP contribution in [0.5, 0.6) is 0 Å². The minimum absolute atomic E-state index is 0. The Balaban J connectivity index is 0. The van der Waals surface area contributed by atoms with Gasteiger partial charge in [0.25, 0.3) is 0 Å². The van der Waals surface area contributed by atoms with Crippen LogP contribution in [0.2, 0.25) is 0 Å². The lowest BCUT2D eigenvalue weighted by Crippen LogP contribution is -1.79. The first-order chi connectivity index (χ1) is 4.30. The molecular weight excluding hydrogens is 193 g/mol. The smallest absolute Gasteiger partial charge is 0.00428 e. The van der Waals surface area contributed by atoms with Gasteiger partial charge in [-0.05, 0) is 11.2 Å². The number of hydrogen-bond donors (Lipinski definition) is 0. The van der Waals surface area contributed by atoms with E-state index in [0.29, 0.717) is 5.66 Å². The molecule has 0 nitrogen and oxygen atoms in total. The minimum Gasteiger partial charge on any atom is -0.153 e. The second kappa shape index (κ2) is 7.04. The molecule has 0 bridgehead atoms. The molecule has 0 radical (unpaired) electrons. The highest BCUT2D eigenvalue weighted by atomic mass is 35.5. The van der Waals surface area contributed by atoms with E-state index < -0.39 is 0 Å². The van der Waals surface area contributed by atoms with Crippen molar-refractivity contribution in [3.8, 4) is 0 Å². The van der Waals surface area contributed by atoms with Crippen LogP contribution in [0, 0.1) is 0 Å². The fourth-order valence-corrected chi connectivity index (χ4v) is 0.979. The standard InChI is InChI=1S/C8H11P.ClH.H3P/c1-7(9)8-5-3-2-4-6-8;;/h2-7H,9H2,1H3;1H;1H3. The van der Waals surface area contributed by atoms with E-state index in [0.717, 1.165) is 0 Å². The van der Waals surface area contributed by atoms with Crippen LogP contribution in [0.4, 0.5) is 0 Å². The van der Waals surface area contributed by atoms with Gasteiger partial charge in [-0.3, -0.25) is 0 Å². The van der Waals surface area contributed by atoms with Crippen LogP contribution in [-0.2, 0) is 0 Å². The van der Waals surface area contributed by atoms with Gasteiger partial charge >= 0.3 is 0 Å². The van der Waals surface area contributed by atoms with Gasteiger partial charge in [0, 0.05) is 0 Å². The Bertz CT molecular complexity index is 175. The first kappa shape index (κ1) is 13.9. The van der Waals surface area contributed by atoms with Crippen molar-refractivity contribution in [2.24, 2.45) is 0 Å². The maximum atomic E-state index is 2.77. The lowest BCUT2D eigenvalue weighted by Gasteiger charge is -2.01. The van der Waals surface area contributed by atoms with Crippen molar-refractivity contribution in [2.75, 3.05) is 0 Å². The van der Waals surface area contributed by atoms with E-state index in [1.165, 1.54) is 5.56 Å². The second-order valence-electron chi connectivity index (χ2n) is 2.20. The molecule has 0 aliphatic rings. The van der Waals surface area contributed by atoms with Crippen LogP contribution < -0.4 is 0 Å². The Kier molecular flexibility index (Phi) is 8.92. The molecule has 0 aliphatic carbocycles. The van der Waals surface area contributed by atoms with E-state index in [1.54, 1.807) is 0 Å². The van der Waals surface area contributed by atoms with Crippen LogP contribution in [0.25, 0.3) is 0 Å². The second-order valence-corrected chi connectivity index (χ2v) is 3.20. The van der Waals surface area contributed by atoms with Gasteiger partial charge in [0.15, 0.2) is 0 Å². The summed E-state index contributed by atoms with van der Waals surface area (Å²) in [4.78, 5) is 0. The van der Waals surface area contributed by atoms with Crippen molar-refractivity contribution in [1.29, 1.82) is 0 Å². The zero-order valence-corrected chi connectivity index (χ0v) is 10.0. The third-order valence-electron chi connectivity index (χ3n) is 1.33. The molecular formula is C8H15ClP2. The molecule has 0 heterocycles. The summed E-state index contributed by atoms with van der Waals surface area (Å²) in [6.45, 7) is 2.17. The van der Waals surface area contributed by atoms with E-state index >= 15 is 0 Å². The van der Waals surface area contributed by atoms with Crippen LogP contribution in [-0.4, -0.2) is 0 Å². The highest BCUT2D eigenvalue weighted by Gasteiger charge is 1.93. The molecule has 3 atom stereocenters. The summed E-state index contributed by atoms with van der Waals surface area (Å²) in [5.41, 5.74) is 1.95. The predicted octanol–water partition coefficient (Wildman–Crippen LogP) is 3.10. The van der Waals surface area contributed by atoms with Crippen LogP contribution in [0.15, 0.2) is 30.3 Å². The summed E-state index contributed by atoms with van der Waals surface area (Å²) in [6.07, 6.45) is 0. The van der Waals surface area contributed by atoms with Gasteiger partial charge in [0.2, 0.25) is 0 Å². The Morgan fingerprint density at radius 2 is 1.64 bits per heavy atom. The van der Waals surface area contributed by atoms with Gasteiger partial charge in [-0.15, -0.1) is 21.6 Å². The molecule has 0 N–H and O–H groups in total. The van der Waals surface area contributed by atoms with Crippen LogP contribution in [0.3, 0.4) is 0 Å². The zero-order valence-electron chi connectivity index (χ0n) is 6.66. The summed E-state index contributed by atoms with van der Waals surface area (Å²) in [7, 11) is 2.77. The third-order valence-corrected chi connectivity index (χ3v) is 1.71. The largest absolute Gasteiger partial charge is 0.153 e. The molecule has 0 amide bonds. The first-order valence-electron chi connectivity index (χ1n) is 3.11. The normalized spacial score (nSPS) is 10.7. The molecule has 1 rings (SSSR count). The van der Waals surface area contributed by atoms with Gasteiger partial charge in [0.05, 0.1) is 0 Å². The molecule has 1 aromatic carbocycles. The zero-order chi connectivity index (χ0) is 6.69. The molecule has 3 heteroatoms. The Labute approximate surface area is 80.4 Å². The van der Waals surface area contributed by atoms with Crippen molar-refractivity contribution in [3.05, 3.63) is 35.9 Å². The molecule has 0 saturated heterocycles. The van der Waals surface area contributed by atoms with E-state index in [1.807, 2.05) is 6.07 Å². The van der Waals surface area contributed by atoms with Crippen molar-refractivity contribution < 1.29 is 0 Å². The van der Waals surface area contributed by atoms with Gasteiger partial charge in [0.1, 0.15) is 0 Å². The lowest BCUT2D eigenvalue weighted by atomic mass is 10.2. The fraction of sp³-hybridized carbons (Fsp3) is 0.250. The SMILES string of the molecule is CC(P)c1ccccc1.Cl.P. The number of benzene rings is 1. The minimum atomic E-state index is 0. The van der Waals surface area contributed by atoms with E-state index in [4.69, 9.17) is 0 Å². The average Bonchev–Trinajstić information content (AvgIpc) is 1.90. The molecule has 1 aromatic rings. The monoisotopic (exact) mass is 208 g/mol. The van der Waals surface area contributed by atoms with Crippen molar-refractivity contribution in [3.63, 3.8) is 0 Å². The van der Waals surface area contributed by atoms with Crippen LogP contribution >= 0.6 is 31.5 Å². The molecule has 11 heavy (non-hydrogen) atoms. The van der Waals surface area contributed by atoms with E-state index in [9.17, 15) is 0 Å². The number of rotatable bonds is 1.